The third-order valence-electron chi connectivity index (χ3n) is 3.75. The lowest BCUT2D eigenvalue weighted by Gasteiger charge is -2.07. The fourth-order valence-corrected chi connectivity index (χ4v) is 3.36. The molecule has 0 unspecified atom stereocenters. The minimum absolute atomic E-state index is 0.315. The molecule has 0 aliphatic carbocycles. The number of benzene rings is 2. The summed E-state index contributed by atoms with van der Waals surface area (Å²) in [4.78, 5) is 12.4. The summed E-state index contributed by atoms with van der Waals surface area (Å²) in [6.07, 6.45) is 3.14. The second-order valence-electron chi connectivity index (χ2n) is 5.54. The van der Waals surface area contributed by atoms with Crippen molar-refractivity contribution >= 4 is 34.7 Å². The van der Waals surface area contributed by atoms with Crippen molar-refractivity contribution in [1.29, 1.82) is 0 Å². The number of hydrogen-bond acceptors (Lipinski definition) is 2. The Bertz CT molecular complexity index is 816. The average molecular weight is 359 g/mol. The van der Waals surface area contributed by atoms with Crippen LogP contribution in [0.2, 0.25) is 10.0 Å². The molecule has 0 saturated heterocycles. The quantitative estimate of drug-likeness (QED) is 0.641. The summed E-state index contributed by atoms with van der Waals surface area (Å²) < 4.78 is 5.50. The third kappa shape index (κ3) is 3.55. The molecule has 0 N–H and O–H groups in total. The van der Waals surface area contributed by atoms with Gasteiger partial charge in [0.2, 0.25) is 0 Å². The maximum Gasteiger partial charge on any atom is 0.340 e. The van der Waals surface area contributed by atoms with Crippen LogP contribution in [0.5, 0.6) is 0 Å². The van der Waals surface area contributed by atoms with Gasteiger partial charge in [0.15, 0.2) is 0 Å². The van der Waals surface area contributed by atoms with Gasteiger partial charge >= 0.3 is 5.97 Å². The molecule has 1 heterocycles. The first kappa shape index (κ1) is 16.8. The molecule has 0 fully saturated rings. The molecule has 0 bridgehead atoms. The molecular formula is C20H16Cl2O2. The molecular weight excluding hydrogens is 343 g/mol. The number of carbonyl (C=O) groups excluding carboxylic acids is 1. The first-order valence-electron chi connectivity index (χ1n) is 7.74. The van der Waals surface area contributed by atoms with Crippen LogP contribution in [0.25, 0.3) is 5.57 Å². The summed E-state index contributed by atoms with van der Waals surface area (Å²) >= 11 is 12.2. The smallest absolute Gasteiger partial charge is 0.340 e. The van der Waals surface area contributed by atoms with Crippen molar-refractivity contribution in [2.24, 2.45) is 0 Å². The highest BCUT2D eigenvalue weighted by molar-refractivity contribution is 6.34. The number of rotatable bonds is 4. The largest absolute Gasteiger partial charge is 0.423 e. The van der Waals surface area contributed by atoms with Crippen molar-refractivity contribution < 1.29 is 9.53 Å². The highest BCUT2D eigenvalue weighted by Crippen LogP contribution is 2.37. The normalized spacial score (nSPS) is 16.0. The third-order valence-corrected chi connectivity index (χ3v) is 4.19. The molecule has 0 aromatic heterocycles. The number of carbonyl (C=O) groups is 1. The molecule has 0 spiro atoms. The Morgan fingerprint density at radius 1 is 1.04 bits per heavy atom. The first-order chi connectivity index (χ1) is 11.6. The van der Waals surface area contributed by atoms with Crippen molar-refractivity contribution in [2.45, 2.75) is 19.8 Å². The van der Waals surface area contributed by atoms with Gasteiger partial charge in [-0.25, -0.2) is 4.79 Å². The first-order valence-corrected chi connectivity index (χ1v) is 8.50. The zero-order valence-electron chi connectivity index (χ0n) is 13.2. The van der Waals surface area contributed by atoms with Crippen LogP contribution in [0, 0.1) is 0 Å². The Hall–Kier alpha value is -2.03. The van der Waals surface area contributed by atoms with Gasteiger partial charge in [-0.1, -0.05) is 60.5 Å². The van der Waals surface area contributed by atoms with Gasteiger partial charge in [-0.05, 0) is 41.8 Å². The number of cyclic esters (lactones) is 1. The Kier molecular flexibility index (Phi) is 5.08. The SMILES string of the molecule is CC/C=C1\OC(=O)C(Cc2cc(Cl)cc(Cl)c2)=C1c1ccccc1. The van der Waals surface area contributed by atoms with Crippen LogP contribution in [-0.4, -0.2) is 5.97 Å². The van der Waals surface area contributed by atoms with Crippen LogP contribution in [0.3, 0.4) is 0 Å². The van der Waals surface area contributed by atoms with E-state index in [-0.39, 0.29) is 5.97 Å². The second-order valence-corrected chi connectivity index (χ2v) is 6.41. The number of ether oxygens (including phenoxy) is 1. The van der Waals surface area contributed by atoms with E-state index in [1.165, 1.54) is 0 Å². The standard InChI is InChI=1S/C20H16Cl2O2/c1-2-6-18-19(14-7-4-3-5-8-14)17(20(23)24-18)11-13-9-15(21)12-16(22)10-13/h3-10,12H,2,11H2,1H3/b18-6-. The summed E-state index contributed by atoms with van der Waals surface area (Å²) in [7, 11) is 0. The highest BCUT2D eigenvalue weighted by Gasteiger charge is 2.30. The van der Waals surface area contributed by atoms with Crippen LogP contribution in [0.4, 0.5) is 0 Å². The van der Waals surface area contributed by atoms with Gasteiger partial charge in [0, 0.05) is 22.0 Å². The Morgan fingerprint density at radius 2 is 1.71 bits per heavy atom. The number of esters is 1. The maximum atomic E-state index is 12.4. The Labute approximate surface area is 151 Å². The monoisotopic (exact) mass is 358 g/mol. The van der Waals surface area contributed by atoms with Crippen LogP contribution in [0.1, 0.15) is 24.5 Å². The molecule has 24 heavy (non-hydrogen) atoms. The van der Waals surface area contributed by atoms with Gasteiger partial charge in [-0.15, -0.1) is 0 Å². The molecule has 1 aliphatic rings. The van der Waals surface area contributed by atoms with E-state index in [1.54, 1.807) is 6.07 Å². The lowest BCUT2D eigenvalue weighted by molar-refractivity contribution is -0.133. The zero-order chi connectivity index (χ0) is 17.1. The molecule has 2 nitrogen and oxygen atoms in total. The van der Waals surface area contributed by atoms with E-state index in [0.717, 1.165) is 23.1 Å². The fourth-order valence-electron chi connectivity index (χ4n) is 2.79. The van der Waals surface area contributed by atoms with Crippen LogP contribution < -0.4 is 0 Å². The van der Waals surface area contributed by atoms with Crippen LogP contribution >= 0.6 is 23.2 Å². The van der Waals surface area contributed by atoms with E-state index in [4.69, 9.17) is 27.9 Å². The molecule has 2 aromatic carbocycles. The molecule has 0 saturated carbocycles. The van der Waals surface area contributed by atoms with Gasteiger partial charge in [0.05, 0.1) is 5.57 Å². The fraction of sp³-hybridized carbons (Fsp3) is 0.150. The molecule has 1 aliphatic heterocycles. The minimum Gasteiger partial charge on any atom is -0.423 e. The summed E-state index contributed by atoms with van der Waals surface area (Å²) in [5.41, 5.74) is 3.31. The molecule has 0 atom stereocenters. The van der Waals surface area contributed by atoms with Gasteiger partial charge in [0.25, 0.3) is 0 Å². The predicted octanol–water partition coefficient (Wildman–Crippen LogP) is 5.84. The van der Waals surface area contributed by atoms with Gasteiger partial charge in [-0.2, -0.15) is 0 Å². The zero-order valence-corrected chi connectivity index (χ0v) is 14.7. The molecule has 0 amide bonds. The molecule has 3 rings (SSSR count). The van der Waals surface area contributed by atoms with E-state index in [0.29, 0.717) is 27.8 Å². The minimum atomic E-state index is -0.315. The molecule has 122 valence electrons. The Morgan fingerprint density at radius 3 is 2.33 bits per heavy atom. The van der Waals surface area contributed by atoms with E-state index in [1.807, 2.05) is 55.5 Å². The lowest BCUT2D eigenvalue weighted by Crippen LogP contribution is -2.02. The number of allylic oxidation sites excluding steroid dienone is 2. The van der Waals surface area contributed by atoms with Gasteiger partial charge in [0.1, 0.15) is 5.76 Å². The van der Waals surface area contributed by atoms with Crippen molar-refractivity contribution in [1.82, 2.24) is 0 Å². The summed E-state index contributed by atoms with van der Waals surface area (Å²) in [5.74, 6) is 0.307. The highest BCUT2D eigenvalue weighted by atomic mass is 35.5. The number of hydrogen-bond donors (Lipinski definition) is 0. The molecule has 0 radical (unpaired) electrons. The average Bonchev–Trinajstić information content (AvgIpc) is 2.83. The number of halogens is 2. The second kappa shape index (κ2) is 7.25. The van der Waals surface area contributed by atoms with Crippen molar-refractivity contribution in [2.75, 3.05) is 0 Å². The van der Waals surface area contributed by atoms with E-state index in [2.05, 4.69) is 0 Å². The van der Waals surface area contributed by atoms with Crippen LogP contribution in [0.15, 0.2) is 65.9 Å². The summed E-state index contributed by atoms with van der Waals surface area (Å²) in [5, 5.41) is 1.10. The molecule has 4 heteroatoms. The predicted molar refractivity (Wildman–Crippen MR) is 98.0 cm³/mol. The maximum absolute atomic E-state index is 12.4. The van der Waals surface area contributed by atoms with Gasteiger partial charge < -0.3 is 4.74 Å². The van der Waals surface area contributed by atoms with E-state index in [9.17, 15) is 4.79 Å². The summed E-state index contributed by atoms with van der Waals surface area (Å²) in [6, 6.07) is 15.1. The van der Waals surface area contributed by atoms with E-state index < -0.39 is 0 Å². The Balaban J connectivity index is 2.10. The van der Waals surface area contributed by atoms with Crippen LogP contribution in [-0.2, 0) is 16.0 Å². The summed E-state index contributed by atoms with van der Waals surface area (Å²) in [6.45, 7) is 2.01. The van der Waals surface area contributed by atoms with Gasteiger partial charge in [-0.3, -0.25) is 0 Å². The van der Waals surface area contributed by atoms with Crippen molar-refractivity contribution in [3.8, 4) is 0 Å². The van der Waals surface area contributed by atoms with E-state index >= 15 is 0 Å². The van der Waals surface area contributed by atoms with Crippen molar-refractivity contribution in [3.05, 3.63) is 87.1 Å². The van der Waals surface area contributed by atoms with Crippen molar-refractivity contribution in [3.63, 3.8) is 0 Å². The molecule has 2 aromatic rings. The lowest BCUT2D eigenvalue weighted by atomic mass is 9.95. The topological polar surface area (TPSA) is 26.3 Å².